The Balaban J connectivity index is 1.78. The molecule has 2 aromatic rings. The van der Waals surface area contributed by atoms with E-state index in [0.29, 0.717) is 23.8 Å². The van der Waals surface area contributed by atoms with Crippen molar-refractivity contribution < 1.29 is 19.0 Å². The van der Waals surface area contributed by atoms with Crippen LogP contribution in [0.1, 0.15) is 18.1 Å². The number of carbonyl (C=O) groups excluding carboxylic acids is 1. The molecule has 0 fully saturated rings. The van der Waals surface area contributed by atoms with Gasteiger partial charge in [0.2, 0.25) is 18.4 Å². The molecule has 0 atom stereocenters. The predicted octanol–water partition coefficient (Wildman–Crippen LogP) is 3.30. The molecule has 1 heterocycles. The maximum Gasteiger partial charge on any atom is 0.231 e. The first-order valence-electron chi connectivity index (χ1n) is 7.66. The molecular weight excluding hydrogens is 308 g/mol. The van der Waals surface area contributed by atoms with Gasteiger partial charge in [-0.1, -0.05) is 6.07 Å². The number of amides is 1. The zero-order valence-electron chi connectivity index (χ0n) is 13.9. The van der Waals surface area contributed by atoms with E-state index in [1.54, 1.807) is 7.11 Å². The van der Waals surface area contributed by atoms with Gasteiger partial charge < -0.3 is 24.8 Å². The van der Waals surface area contributed by atoms with Gasteiger partial charge >= 0.3 is 0 Å². The molecule has 1 aliphatic rings. The Morgan fingerprint density at radius 1 is 1.25 bits per heavy atom. The molecular formula is C18H20N2O4. The van der Waals surface area contributed by atoms with E-state index in [1.807, 2.05) is 37.3 Å². The number of fused-ring (bicyclic) bond motifs is 1. The van der Waals surface area contributed by atoms with E-state index in [-0.39, 0.29) is 12.7 Å². The summed E-state index contributed by atoms with van der Waals surface area (Å²) in [6, 6.07) is 9.62. The summed E-state index contributed by atoms with van der Waals surface area (Å²) in [6.45, 7) is 4.27. The Kier molecular flexibility index (Phi) is 4.46. The summed E-state index contributed by atoms with van der Waals surface area (Å²) >= 11 is 0. The van der Waals surface area contributed by atoms with Crippen LogP contribution in [0.4, 0.5) is 11.4 Å². The molecule has 2 N–H and O–H groups in total. The number of ether oxygens (including phenoxy) is 3. The second-order valence-electron chi connectivity index (χ2n) is 5.54. The van der Waals surface area contributed by atoms with E-state index < -0.39 is 0 Å². The third-order valence-electron chi connectivity index (χ3n) is 3.85. The van der Waals surface area contributed by atoms with Crippen molar-refractivity contribution in [2.24, 2.45) is 0 Å². The van der Waals surface area contributed by atoms with Crippen molar-refractivity contribution >= 4 is 17.3 Å². The molecule has 2 aromatic carbocycles. The van der Waals surface area contributed by atoms with Crippen molar-refractivity contribution in [3.05, 3.63) is 41.5 Å². The van der Waals surface area contributed by atoms with Crippen LogP contribution in [0, 0.1) is 6.92 Å². The smallest absolute Gasteiger partial charge is 0.231 e. The zero-order valence-corrected chi connectivity index (χ0v) is 13.9. The van der Waals surface area contributed by atoms with Crippen molar-refractivity contribution in [3.63, 3.8) is 0 Å². The lowest BCUT2D eigenvalue weighted by Gasteiger charge is -2.14. The highest BCUT2D eigenvalue weighted by atomic mass is 16.7. The lowest BCUT2D eigenvalue weighted by Crippen LogP contribution is -2.09. The van der Waals surface area contributed by atoms with E-state index in [0.717, 1.165) is 22.5 Å². The summed E-state index contributed by atoms with van der Waals surface area (Å²) in [5.41, 5.74) is 3.76. The number of nitrogens with one attached hydrogen (secondary N) is 2. The molecule has 0 unspecified atom stereocenters. The Hall–Kier alpha value is -2.89. The van der Waals surface area contributed by atoms with Gasteiger partial charge in [-0.2, -0.15) is 0 Å². The summed E-state index contributed by atoms with van der Waals surface area (Å²) in [5.74, 6) is 1.90. The first-order chi connectivity index (χ1) is 11.6. The van der Waals surface area contributed by atoms with Gasteiger partial charge in [0.05, 0.1) is 7.11 Å². The molecule has 0 aliphatic carbocycles. The Morgan fingerprint density at radius 2 is 2.04 bits per heavy atom. The third-order valence-corrected chi connectivity index (χ3v) is 3.85. The number of hydrogen-bond acceptors (Lipinski definition) is 5. The fourth-order valence-electron chi connectivity index (χ4n) is 2.64. The Morgan fingerprint density at radius 3 is 2.79 bits per heavy atom. The predicted molar refractivity (Wildman–Crippen MR) is 91.9 cm³/mol. The van der Waals surface area contributed by atoms with Gasteiger partial charge in [0.25, 0.3) is 0 Å². The third kappa shape index (κ3) is 3.22. The van der Waals surface area contributed by atoms with Gasteiger partial charge in [-0.05, 0) is 42.3 Å². The molecule has 1 amide bonds. The van der Waals surface area contributed by atoms with Crippen LogP contribution in [0.5, 0.6) is 17.2 Å². The van der Waals surface area contributed by atoms with Crippen molar-refractivity contribution in [2.75, 3.05) is 24.5 Å². The van der Waals surface area contributed by atoms with Gasteiger partial charge in [0.15, 0.2) is 11.5 Å². The SMILES string of the molecule is COc1cc(CNc2cccc(NC(C)=O)c2C)cc2c1OCO2. The average Bonchev–Trinajstić information content (AvgIpc) is 3.03. The normalized spacial score (nSPS) is 12.0. The molecule has 24 heavy (non-hydrogen) atoms. The standard InChI is InChI=1S/C18H20N2O4/c1-11-14(5-4-6-15(11)20-12(2)21)19-9-13-7-16(22-3)18-17(8-13)23-10-24-18/h4-8,19H,9-10H2,1-3H3,(H,20,21). The molecule has 0 radical (unpaired) electrons. The number of carbonyl (C=O) groups is 1. The van der Waals surface area contributed by atoms with Crippen LogP contribution in [0.15, 0.2) is 30.3 Å². The molecule has 0 bridgehead atoms. The molecule has 0 saturated carbocycles. The molecule has 0 aromatic heterocycles. The number of rotatable bonds is 5. The van der Waals surface area contributed by atoms with Crippen LogP contribution in [0.2, 0.25) is 0 Å². The van der Waals surface area contributed by atoms with Crippen molar-refractivity contribution in [1.29, 1.82) is 0 Å². The molecule has 6 heteroatoms. The van der Waals surface area contributed by atoms with E-state index in [2.05, 4.69) is 10.6 Å². The summed E-state index contributed by atoms with van der Waals surface area (Å²) in [4.78, 5) is 11.3. The number of benzene rings is 2. The van der Waals surface area contributed by atoms with Gasteiger partial charge in [-0.3, -0.25) is 4.79 Å². The summed E-state index contributed by atoms with van der Waals surface area (Å²) in [5, 5.41) is 6.21. The maximum absolute atomic E-state index is 11.3. The van der Waals surface area contributed by atoms with Crippen molar-refractivity contribution in [1.82, 2.24) is 0 Å². The summed E-state index contributed by atoms with van der Waals surface area (Å²) in [7, 11) is 1.61. The van der Waals surface area contributed by atoms with Crippen LogP contribution in [0.3, 0.4) is 0 Å². The molecule has 126 valence electrons. The van der Waals surface area contributed by atoms with E-state index in [4.69, 9.17) is 14.2 Å². The number of anilines is 2. The summed E-state index contributed by atoms with van der Waals surface area (Å²) < 4.78 is 16.2. The maximum atomic E-state index is 11.3. The Bertz CT molecular complexity index is 774. The van der Waals surface area contributed by atoms with Crippen LogP contribution >= 0.6 is 0 Å². The van der Waals surface area contributed by atoms with Crippen LogP contribution in [0.25, 0.3) is 0 Å². The van der Waals surface area contributed by atoms with Gasteiger partial charge in [-0.15, -0.1) is 0 Å². The van der Waals surface area contributed by atoms with Crippen LogP contribution in [-0.4, -0.2) is 19.8 Å². The quantitative estimate of drug-likeness (QED) is 0.881. The lowest BCUT2D eigenvalue weighted by atomic mass is 10.1. The highest BCUT2D eigenvalue weighted by Gasteiger charge is 2.20. The second kappa shape index (κ2) is 6.70. The fraction of sp³-hybridized carbons (Fsp3) is 0.278. The lowest BCUT2D eigenvalue weighted by molar-refractivity contribution is -0.114. The van der Waals surface area contributed by atoms with Gasteiger partial charge in [0, 0.05) is 24.8 Å². The Labute approximate surface area is 140 Å². The zero-order chi connectivity index (χ0) is 17.1. The number of methoxy groups -OCH3 is 1. The van der Waals surface area contributed by atoms with E-state index in [9.17, 15) is 4.79 Å². The van der Waals surface area contributed by atoms with Gasteiger partial charge in [-0.25, -0.2) is 0 Å². The monoisotopic (exact) mass is 328 g/mol. The average molecular weight is 328 g/mol. The largest absolute Gasteiger partial charge is 0.493 e. The van der Waals surface area contributed by atoms with Crippen molar-refractivity contribution in [3.8, 4) is 17.2 Å². The molecule has 0 saturated heterocycles. The van der Waals surface area contributed by atoms with Crippen LogP contribution in [-0.2, 0) is 11.3 Å². The molecule has 6 nitrogen and oxygen atoms in total. The van der Waals surface area contributed by atoms with Crippen LogP contribution < -0.4 is 24.8 Å². The van der Waals surface area contributed by atoms with E-state index in [1.165, 1.54) is 6.92 Å². The summed E-state index contributed by atoms with van der Waals surface area (Å²) in [6.07, 6.45) is 0. The first kappa shape index (κ1) is 16.0. The number of hydrogen-bond donors (Lipinski definition) is 2. The second-order valence-corrected chi connectivity index (χ2v) is 5.54. The fourth-order valence-corrected chi connectivity index (χ4v) is 2.64. The minimum atomic E-state index is -0.0873. The minimum Gasteiger partial charge on any atom is -0.493 e. The highest BCUT2D eigenvalue weighted by molar-refractivity contribution is 5.90. The van der Waals surface area contributed by atoms with Gasteiger partial charge in [0.1, 0.15) is 0 Å². The van der Waals surface area contributed by atoms with Crippen molar-refractivity contribution in [2.45, 2.75) is 20.4 Å². The molecule has 3 rings (SSSR count). The first-order valence-corrected chi connectivity index (χ1v) is 7.66. The van der Waals surface area contributed by atoms with E-state index >= 15 is 0 Å². The minimum absolute atomic E-state index is 0.0873. The highest BCUT2D eigenvalue weighted by Crippen LogP contribution is 2.42. The topological polar surface area (TPSA) is 68.8 Å². The molecule has 1 aliphatic heterocycles. The molecule has 0 spiro atoms.